The minimum atomic E-state index is -0.543. The van der Waals surface area contributed by atoms with Crippen LogP contribution >= 0.6 is 15.9 Å². The van der Waals surface area contributed by atoms with Crippen LogP contribution in [0.25, 0.3) is 10.8 Å². The lowest BCUT2D eigenvalue weighted by Crippen LogP contribution is -2.51. The predicted molar refractivity (Wildman–Crippen MR) is 141 cm³/mol. The van der Waals surface area contributed by atoms with Gasteiger partial charge in [-0.25, -0.2) is 0 Å². The summed E-state index contributed by atoms with van der Waals surface area (Å²) >= 11 is 3.62. The molecular weight excluding hydrogens is 492 g/mol. The number of carbonyl (C=O) groups excluding carboxylic acids is 2. The van der Waals surface area contributed by atoms with Crippen molar-refractivity contribution >= 4 is 38.5 Å². The average molecular weight is 525 g/mol. The number of nitrogens with zero attached hydrogens (tertiary/aromatic N) is 1. The first-order valence-corrected chi connectivity index (χ1v) is 12.6. The van der Waals surface area contributed by atoms with Gasteiger partial charge in [-0.2, -0.15) is 0 Å². The van der Waals surface area contributed by atoms with Gasteiger partial charge in [0.15, 0.2) is 6.61 Å². The highest BCUT2D eigenvalue weighted by atomic mass is 79.9. The lowest BCUT2D eigenvalue weighted by Gasteiger charge is -2.31. The van der Waals surface area contributed by atoms with E-state index in [1.807, 2.05) is 73.7 Å². The van der Waals surface area contributed by atoms with E-state index in [1.54, 1.807) is 4.90 Å². The van der Waals surface area contributed by atoms with Crippen molar-refractivity contribution in [3.8, 4) is 5.75 Å². The lowest BCUT2D eigenvalue weighted by atomic mass is 10.1. The number of halogens is 1. The van der Waals surface area contributed by atoms with Crippen LogP contribution < -0.4 is 10.1 Å². The Balaban J connectivity index is 1.76. The summed E-state index contributed by atoms with van der Waals surface area (Å²) in [6.45, 7) is 6.92. The Morgan fingerprint density at radius 1 is 1.00 bits per heavy atom. The number of nitrogens with one attached hydrogen (secondary N) is 1. The number of rotatable bonds is 11. The first kappa shape index (κ1) is 25.8. The van der Waals surface area contributed by atoms with Gasteiger partial charge >= 0.3 is 0 Å². The number of ether oxygens (including phenoxy) is 1. The SMILES string of the molecule is CC[C@H](C(=O)NCC(C)C)N(CCc1ccccc1)C(=O)COc1ccc2ccccc2c1Br. The van der Waals surface area contributed by atoms with Crippen molar-refractivity contribution < 1.29 is 14.3 Å². The third kappa shape index (κ3) is 6.83. The molecule has 0 radical (unpaired) electrons. The second-order valence-corrected chi connectivity index (χ2v) is 9.57. The third-order valence-corrected chi connectivity index (χ3v) is 6.55. The second-order valence-electron chi connectivity index (χ2n) is 8.77. The van der Waals surface area contributed by atoms with Gasteiger partial charge in [0.25, 0.3) is 5.91 Å². The summed E-state index contributed by atoms with van der Waals surface area (Å²) in [5.41, 5.74) is 1.12. The molecule has 0 bridgehead atoms. The van der Waals surface area contributed by atoms with Crippen LogP contribution in [0.4, 0.5) is 0 Å². The molecule has 0 saturated carbocycles. The van der Waals surface area contributed by atoms with Crippen molar-refractivity contribution in [3.05, 3.63) is 76.8 Å². The molecule has 6 heteroatoms. The Labute approximate surface area is 210 Å². The van der Waals surface area contributed by atoms with E-state index in [0.717, 1.165) is 20.8 Å². The molecule has 0 heterocycles. The predicted octanol–water partition coefficient (Wildman–Crippen LogP) is 5.60. The summed E-state index contributed by atoms with van der Waals surface area (Å²) in [7, 11) is 0. The molecule has 180 valence electrons. The maximum atomic E-state index is 13.4. The first-order valence-electron chi connectivity index (χ1n) is 11.8. The molecule has 0 aliphatic heterocycles. The van der Waals surface area contributed by atoms with Gasteiger partial charge in [-0.1, -0.05) is 81.4 Å². The smallest absolute Gasteiger partial charge is 0.261 e. The minimum Gasteiger partial charge on any atom is -0.483 e. The number of fused-ring (bicyclic) bond motifs is 1. The van der Waals surface area contributed by atoms with Crippen molar-refractivity contribution in [1.29, 1.82) is 0 Å². The molecule has 0 saturated heterocycles. The monoisotopic (exact) mass is 524 g/mol. The highest BCUT2D eigenvalue weighted by Crippen LogP contribution is 2.33. The second kappa shape index (κ2) is 12.6. The van der Waals surface area contributed by atoms with Crippen LogP contribution in [0.15, 0.2) is 71.2 Å². The maximum Gasteiger partial charge on any atom is 0.261 e. The summed E-state index contributed by atoms with van der Waals surface area (Å²) in [6, 6.07) is 21.3. The van der Waals surface area contributed by atoms with E-state index in [0.29, 0.717) is 37.6 Å². The van der Waals surface area contributed by atoms with Crippen molar-refractivity contribution in [2.45, 2.75) is 39.7 Å². The molecule has 5 nitrogen and oxygen atoms in total. The number of hydrogen-bond acceptors (Lipinski definition) is 3. The molecule has 0 unspecified atom stereocenters. The Kier molecular flexibility index (Phi) is 9.52. The van der Waals surface area contributed by atoms with E-state index in [-0.39, 0.29) is 18.4 Å². The van der Waals surface area contributed by atoms with E-state index >= 15 is 0 Å². The van der Waals surface area contributed by atoms with Crippen LogP contribution in [0.5, 0.6) is 5.75 Å². The maximum absolute atomic E-state index is 13.4. The van der Waals surface area contributed by atoms with E-state index in [1.165, 1.54) is 0 Å². The molecule has 3 aromatic rings. The highest BCUT2D eigenvalue weighted by molar-refractivity contribution is 9.10. The Bertz CT molecular complexity index is 1100. The molecule has 0 aliphatic carbocycles. The number of benzene rings is 3. The van der Waals surface area contributed by atoms with Gasteiger partial charge in [0.2, 0.25) is 5.91 Å². The van der Waals surface area contributed by atoms with Gasteiger partial charge in [-0.15, -0.1) is 0 Å². The van der Waals surface area contributed by atoms with Gasteiger partial charge in [0.05, 0.1) is 4.47 Å². The minimum absolute atomic E-state index is 0.121. The molecule has 0 fully saturated rings. The topological polar surface area (TPSA) is 58.6 Å². The van der Waals surface area contributed by atoms with E-state index in [9.17, 15) is 9.59 Å². The Morgan fingerprint density at radius 3 is 2.41 bits per heavy atom. The fourth-order valence-electron chi connectivity index (χ4n) is 3.87. The van der Waals surface area contributed by atoms with Crippen LogP contribution in [0.3, 0.4) is 0 Å². The molecule has 0 aliphatic rings. The molecule has 1 atom stereocenters. The van der Waals surface area contributed by atoms with Crippen molar-refractivity contribution in [2.24, 2.45) is 5.92 Å². The zero-order valence-electron chi connectivity index (χ0n) is 20.1. The Morgan fingerprint density at radius 2 is 1.71 bits per heavy atom. The molecule has 0 aromatic heterocycles. The van der Waals surface area contributed by atoms with Crippen molar-refractivity contribution in [2.75, 3.05) is 19.7 Å². The summed E-state index contributed by atoms with van der Waals surface area (Å²) in [4.78, 5) is 28.0. The van der Waals surface area contributed by atoms with Crippen molar-refractivity contribution in [3.63, 3.8) is 0 Å². The van der Waals surface area contributed by atoms with E-state index in [2.05, 4.69) is 35.1 Å². The zero-order valence-corrected chi connectivity index (χ0v) is 21.7. The van der Waals surface area contributed by atoms with Crippen LogP contribution in [-0.4, -0.2) is 42.5 Å². The van der Waals surface area contributed by atoms with Crippen molar-refractivity contribution in [1.82, 2.24) is 10.2 Å². The fourth-order valence-corrected chi connectivity index (χ4v) is 4.47. The normalized spacial score (nSPS) is 11.9. The van der Waals surface area contributed by atoms with Gasteiger partial charge in [0.1, 0.15) is 11.8 Å². The van der Waals surface area contributed by atoms with Gasteiger partial charge in [-0.3, -0.25) is 9.59 Å². The average Bonchev–Trinajstić information content (AvgIpc) is 2.85. The molecular formula is C28H33BrN2O3. The first-order chi connectivity index (χ1) is 16.4. The summed E-state index contributed by atoms with van der Waals surface area (Å²) < 4.78 is 6.76. The molecule has 34 heavy (non-hydrogen) atoms. The van der Waals surface area contributed by atoms with Crippen LogP contribution in [0.2, 0.25) is 0 Å². The van der Waals surface area contributed by atoms with Crippen LogP contribution in [0.1, 0.15) is 32.8 Å². The standard InChI is InChI=1S/C28H33BrN2O3/c1-4-24(28(33)30-18-20(2)3)31(17-16-21-10-6-5-7-11-21)26(32)19-34-25-15-14-22-12-8-9-13-23(22)27(25)29/h5-15,20,24H,4,16-19H2,1-3H3,(H,30,33)/t24-/m1/s1. The van der Waals surface area contributed by atoms with Gasteiger partial charge in [-0.05, 0) is 57.1 Å². The number of amides is 2. The zero-order chi connectivity index (χ0) is 24.5. The largest absolute Gasteiger partial charge is 0.483 e. The Hall–Kier alpha value is -2.86. The molecule has 1 N–H and O–H groups in total. The summed E-state index contributed by atoms with van der Waals surface area (Å²) in [5, 5.41) is 5.10. The van der Waals surface area contributed by atoms with Gasteiger partial charge < -0.3 is 15.0 Å². The van der Waals surface area contributed by atoms with Gasteiger partial charge in [0, 0.05) is 13.1 Å². The van der Waals surface area contributed by atoms with Crippen LogP contribution in [0, 0.1) is 5.92 Å². The van der Waals surface area contributed by atoms with E-state index in [4.69, 9.17) is 4.74 Å². The fraction of sp³-hybridized carbons (Fsp3) is 0.357. The quantitative estimate of drug-likeness (QED) is 0.355. The van der Waals surface area contributed by atoms with Crippen LogP contribution in [-0.2, 0) is 16.0 Å². The summed E-state index contributed by atoms with van der Waals surface area (Å²) in [6.07, 6.45) is 1.20. The lowest BCUT2D eigenvalue weighted by molar-refractivity contribution is -0.142. The molecule has 3 rings (SSSR count). The molecule has 2 amide bonds. The number of carbonyl (C=O) groups is 2. The number of hydrogen-bond donors (Lipinski definition) is 1. The molecule has 3 aromatic carbocycles. The van der Waals surface area contributed by atoms with E-state index < -0.39 is 6.04 Å². The molecule has 0 spiro atoms. The highest BCUT2D eigenvalue weighted by Gasteiger charge is 2.28. The summed E-state index contributed by atoms with van der Waals surface area (Å²) in [5.74, 6) is 0.614. The third-order valence-electron chi connectivity index (χ3n) is 5.73.